The fourth-order valence-electron chi connectivity index (χ4n) is 1.89. The number of rotatable bonds is 3. The summed E-state index contributed by atoms with van der Waals surface area (Å²) in [5, 5.41) is 0. The van der Waals surface area contributed by atoms with E-state index in [-0.39, 0.29) is 17.3 Å². The van der Waals surface area contributed by atoms with Gasteiger partial charge in [-0.1, -0.05) is 22.9 Å². The van der Waals surface area contributed by atoms with Crippen molar-refractivity contribution < 1.29 is 4.39 Å². The minimum absolute atomic E-state index is 0.102. The van der Waals surface area contributed by atoms with E-state index in [0.717, 1.165) is 17.3 Å². The van der Waals surface area contributed by atoms with Gasteiger partial charge in [-0.15, -0.1) is 0 Å². The highest BCUT2D eigenvalue weighted by Crippen LogP contribution is 2.54. The van der Waals surface area contributed by atoms with Crippen LogP contribution in [0.3, 0.4) is 0 Å². The summed E-state index contributed by atoms with van der Waals surface area (Å²) >= 11 is 3.35. The zero-order valence-electron chi connectivity index (χ0n) is 8.56. The third-order valence-electron chi connectivity index (χ3n) is 3.17. The van der Waals surface area contributed by atoms with Crippen molar-refractivity contribution in [2.45, 2.75) is 25.8 Å². The zero-order valence-corrected chi connectivity index (χ0v) is 10.1. The summed E-state index contributed by atoms with van der Waals surface area (Å²) in [6.07, 6.45) is 2.18. The van der Waals surface area contributed by atoms with Gasteiger partial charge in [0, 0.05) is 10.0 Å². The predicted octanol–water partition coefficient (Wildman–Crippen LogP) is 2.89. The van der Waals surface area contributed by atoms with Crippen molar-refractivity contribution in [2.75, 3.05) is 0 Å². The maximum absolute atomic E-state index is 13.6. The fraction of sp³-hybridized carbons (Fsp3) is 0.455. The van der Waals surface area contributed by atoms with Crippen LogP contribution in [-0.2, 0) is 0 Å². The van der Waals surface area contributed by atoms with Crippen LogP contribution in [0.1, 0.15) is 31.4 Å². The van der Waals surface area contributed by atoms with Crippen molar-refractivity contribution in [3.8, 4) is 0 Å². The van der Waals surface area contributed by atoms with Gasteiger partial charge in [-0.25, -0.2) is 4.39 Å². The largest absolute Gasteiger partial charge is 0.271 e. The molecule has 82 valence electrons. The lowest BCUT2D eigenvalue weighted by Gasteiger charge is -2.23. The summed E-state index contributed by atoms with van der Waals surface area (Å²) in [6.45, 7) is 2.12. The lowest BCUT2D eigenvalue weighted by Crippen LogP contribution is -2.34. The van der Waals surface area contributed by atoms with Crippen molar-refractivity contribution >= 4 is 15.9 Å². The molecular weight excluding hydrogens is 259 g/mol. The van der Waals surface area contributed by atoms with Gasteiger partial charge in [0.2, 0.25) is 0 Å². The number of hydrogen-bond acceptors (Lipinski definition) is 2. The van der Waals surface area contributed by atoms with Gasteiger partial charge < -0.3 is 0 Å². The molecular formula is C11H14BrFN2. The Labute approximate surface area is 97.1 Å². The van der Waals surface area contributed by atoms with Crippen LogP contribution in [-0.4, -0.2) is 0 Å². The van der Waals surface area contributed by atoms with E-state index in [0.29, 0.717) is 5.56 Å². The van der Waals surface area contributed by atoms with Crippen molar-refractivity contribution in [3.63, 3.8) is 0 Å². The first-order valence-corrected chi connectivity index (χ1v) is 5.77. The molecule has 1 saturated carbocycles. The molecule has 1 aliphatic rings. The van der Waals surface area contributed by atoms with E-state index in [1.807, 2.05) is 0 Å². The van der Waals surface area contributed by atoms with Gasteiger partial charge in [0.05, 0.1) is 6.04 Å². The maximum Gasteiger partial charge on any atom is 0.128 e. The van der Waals surface area contributed by atoms with E-state index in [1.54, 1.807) is 12.1 Å². The van der Waals surface area contributed by atoms with Crippen molar-refractivity contribution in [3.05, 3.63) is 34.1 Å². The standard InChI is InChI=1S/C11H14BrFN2/c1-11(4-5-11)10(15-14)8-6-7(12)2-3-9(8)13/h2-3,6,10,15H,4-5,14H2,1H3. The Morgan fingerprint density at radius 2 is 2.20 bits per heavy atom. The molecule has 0 amide bonds. The maximum atomic E-state index is 13.6. The van der Waals surface area contributed by atoms with E-state index in [1.165, 1.54) is 6.07 Å². The molecule has 3 N–H and O–H groups in total. The van der Waals surface area contributed by atoms with Crippen molar-refractivity contribution in [1.29, 1.82) is 0 Å². The molecule has 1 aromatic carbocycles. The van der Waals surface area contributed by atoms with Crippen LogP contribution in [0.25, 0.3) is 0 Å². The van der Waals surface area contributed by atoms with Crippen LogP contribution in [0.2, 0.25) is 0 Å². The zero-order chi connectivity index (χ0) is 11.1. The lowest BCUT2D eigenvalue weighted by molar-refractivity contribution is 0.360. The van der Waals surface area contributed by atoms with E-state index in [2.05, 4.69) is 28.3 Å². The topological polar surface area (TPSA) is 38.0 Å². The first kappa shape index (κ1) is 11.0. The average molecular weight is 273 g/mol. The average Bonchev–Trinajstić information content (AvgIpc) is 2.92. The van der Waals surface area contributed by atoms with Crippen LogP contribution >= 0.6 is 15.9 Å². The molecule has 0 radical (unpaired) electrons. The number of benzene rings is 1. The number of hydrazine groups is 1. The Morgan fingerprint density at radius 1 is 1.53 bits per heavy atom. The summed E-state index contributed by atoms with van der Waals surface area (Å²) in [6, 6.07) is 4.86. The van der Waals surface area contributed by atoms with E-state index >= 15 is 0 Å². The summed E-state index contributed by atoms with van der Waals surface area (Å²) in [4.78, 5) is 0. The minimum atomic E-state index is -0.200. The van der Waals surface area contributed by atoms with Crippen LogP contribution < -0.4 is 11.3 Å². The molecule has 2 rings (SSSR count). The minimum Gasteiger partial charge on any atom is -0.271 e. The van der Waals surface area contributed by atoms with Crippen molar-refractivity contribution in [2.24, 2.45) is 11.3 Å². The molecule has 0 aliphatic heterocycles. The van der Waals surface area contributed by atoms with Crippen molar-refractivity contribution in [1.82, 2.24) is 5.43 Å². The van der Waals surface area contributed by atoms with Crippen LogP contribution in [0.4, 0.5) is 4.39 Å². The predicted molar refractivity (Wildman–Crippen MR) is 61.5 cm³/mol. The first-order chi connectivity index (χ1) is 7.07. The molecule has 4 heteroatoms. The van der Waals surface area contributed by atoms with E-state index < -0.39 is 0 Å². The molecule has 1 atom stereocenters. The van der Waals surface area contributed by atoms with Gasteiger partial charge in [0.25, 0.3) is 0 Å². The fourth-order valence-corrected chi connectivity index (χ4v) is 2.27. The molecule has 1 aliphatic carbocycles. The van der Waals surface area contributed by atoms with E-state index in [4.69, 9.17) is 5.84 Å². The number of hydrogen-bond donors (Lipinski definition) is 2. The molecule has 0 saturated heterocycles. The van der Waals surface area contributed by atoms with Gasteiger partial charge in [-0.05, 0) is 36.5 Å². The second-order valence-corrected chi connectivity index (χ2v) is 5.34. The van der Waals surface area contributed by atoms with E-state index in [9.17, 15) is 4.39 Å². The van der Waals surface area contributed by atoms with Gasteiger partial charge >= 0.3 is 0 Å². The highest BCUT2D eigenvalue weighted by atomic mass is 79.9. The van der Waals surface area contributed by atoms with Gasteiger partial charge in [-0.3, -0.25) is 11.3 Å². The molecule has 0 aromatic heterocycles. The summed E-state index contributed by atoms with van der Waals surface area (Å²) in [7, 11) is 0. The Bertz CT molecular complexity index is 377. The lowest BCUT2D eigenvalue weighted by atomic mass is 9.92. The molecule has 0 spiro atoms. The highest BCUT2D eigenvalue weighted by molar-refractivity contribution is 9.10. The summed E-state index contributed by atoms with van der Waals surface area (Å²) in [5.41, 5.74) is 3.48. The van der Waals surface area contributed by atoms with Crippen LogP contribution in [0, 0.1) is 11.2 Å². The summed E-state index contributed by atoms with van der Waals surface area (Å²) < 4.78 is 14.5. The van der Waals surface area contributed by atoms with Gasteiger partial charge in [0.15, 0.2) is 0 Å². The third-order valence-corrected chi connectivity index (χ3v) is 3.66. The number of nitrogens with two attached hydrogens (primary N) is 1. The molecule has 0 bridgehead atoms. The Balaban J connectivity index is 2.37. The second-order valence-electron chi connectivity index (χ2n) is 4.42. The summed E-state index contributed by atoms with van der Waals surface area (Å²) in [5.74, 6) is 5.32. The van der Waals surface area contributed by atoms with Crippen LogP contribution in [0.15, 0.2) is 22.7 Å². The highest BCUT2D eigenvalue weighted by Gasteiger charge is 2.46. The van der Waals surface area contributed by atoms with Gasteiger partial charge in [0.1, 0.15) is 5.82 Å². The monoisotopic (exact) mass is 272 g/mol. The smallest absolute Gasteiger partial charge is 0.128 e. The molecule has 1 fully saturated rings. The molecule has 0 heterocycles. The number of nitrogens with one attached hydrogen (secondary N) is 1. The SMILES string of the molecule is CC1(C(NN)c2cc(Br)ccc2F)CC1. The molecule has 2 nitrogen and oxygen atoms in total. The normalized spacial score (nSPS) is 20.0. The van der Waals surface area contributed by atoms with Gasteiger partial charge in [-0.2, -0.15) is 0 Å². The molecule has 15 heavy (non-hydrogen) atoms. The Kier molecular flexibility index (Phi) is 2.83. The van der Waals surface area contributed by atoms with Crippen LogP contribution in [0.5, 0.6) is 0 Å². The third kappa shape index (κ3) is 2.07. The second kappa shape index (κ2) is 3.85. The molecule has 1 unspecified atom stereocenters. The molecule has 1 aromatic rings. The Morgan fingerprint density at radius 3 is 2.73 bits per heavy atom. The first-order valence-electron chi connectivity index (χ1n) is 4.98. The quantitative estimate of drug-likeness (QED) is 0.656. The number of halogens is 2. The Hall–Kier alpha value is -0.450.